The highest BCUT2D eigenvalue weighted by molar-refractivity contribution is 6.18. The van der Waals surface area contributed by atoms with E-state index in [2.05, 4.69) is 10.0 Å². The number of carbonyl (C=O) groups excluding carboxylic acids is 1. The maximum absolute atomic E-state index is 10.8. The number of halogens is 2. The van der Waals surface area contributed by atoms with Crippen LogP contribution in [-0.4, -0.2) is 36.0 Å². The molecule has 0 saturated carbocycles. The van der Waals surface area contributed by atoms with Crippen LogP contribution in [0.5, 0.6) is 0 Å². The number of hydrogen-bond acceptors (Lipinski definition) is 4. The van der Waals surface area contributed by atoms with Crippen molar-refractivity contribution in [1.82, 2.24) is 5.01 Å². The zero-order valence-electron chi connectivity index (χ0n) is 6.20. The van der Waals surface area contributed by atoms with Gasteiger partial charge in [-0.3, -0.25) is 0 Å². The maximum Gasteiger partial charge on any atom is 0.433 e. The zero-order chi connectivity index (χ0) is 9.40. The Hall–Kier alpha value is -0.550. The van der Waals surface area contributed by atoms with Crippen LogP contribution >= 0.6 is 23.2 Å². The topological polar surface area (TPSA) is 59.0 Å². The first-order valence-corrected chi connectivity index (χ1v) is 4.22. The van der Waals surface area contributed by atoms with Crippen LogP contribution in [0.2, 0.25) is 0 Å². The molecule has 0 heterocycles. The van der Waals surface area contributed by atoms with Crippen molar-refractivity contribution < 1.29 is 9.53 Å². The lowest BCUT2D eigenvalue weighted by Gasteiger charge is -2.10. The van der Waals surface area contributed by atoms with Crippen molar-refractivity contribution in [2.75, 3.05) is 24.9 Å². The molecule has 0 saturated heterocycles. The summed E-state index contributed by atoms with van der Waals surface area (Å²) >= 11 is 10.5. The van der Waals surface area contributed by atoms with Crippen LogP contribution in [-0.2, 0) is 4.74 Å². The summed E-state index contributed by atoms with van der Waals surface area (Å²) in [5.74, 6) is 0.307. The number of hydrogen-bond donors (Lipinski definition) is 0. The Kier molecular flexibility index (Phi) is 6.79. The molecule has 0 aromatic carbocycles. The third kappa shape index (κ3) is 4.35. The fraction of sp³-hybridized carbons (Fsp3) is 0.800. The van der Waals surface area contributed by atoms with Crippen molar-refractivity contribution >= 4 is 29.3 Å². The van der Waals surface area contributed by atoms with E-state index in [1.165, 1.54) is 0 Å². The molecule has 0 aromatic rings. The summed E-state index contributed by atoms with van der Waals surface area (Å²) in [6.45, 7) is 0.0842. The molecule has 0 fully saturated rings. The minimum absolute atomic E-state index is 0.0339. The second kappa shape index (κ2) is 7.12. The third-order valence-electron chi connectivity index (χ3n) is 0.908. The summed E-state index contributed by atoms with van der Waals surface area (Å²) in [6.07, 6.45) is -0.828. The highest BCUT2D eigenvalue weighted by Gasteiger charge is 2.13. The molecule has 0 aliphatic heterocycles. The Labute approximate surface area is 79.5 Å². The van der Waals surface area contributed by atoms with E-state index in [4.69, 9.17) is 23.2 Å². The van der Waals surface area contributed by atoms with E-state index < -0.39 is 6.09 Å². The molecular formula is C5H8Cl2N2O3. The van der Waals surface area contributed by atoms with Gasteiger partial charge >= 0.3 is 6.09 Å². The number of carbonyl (C=O) groups is 1. The fourth-order valence-corrected chi connectivity index (χ4v) is 0.683. The van der Waals surface area contributed by atoms with E-state index in [9.17, 15) is 9.70 Å². The predicted molar refractivity (Wildman–Crippen MR) is 45.3 cm³/mol. The Balaban J connectivity index is 3.77. The number of nitrogens with zero attached hydrogens (tertiary/aromatic N) is 2. The monoisotopic (exact) mass is 214 g/mol. The van der Waals surface area contributed by atoms with Crippen LogP contribution in [0.4, 0.5) is 4.79 Å². The standard InChI is InChI=1S/C5H8Cl2N2O3/c6-1-3-9(8-11)5(10)12-4-2-7/h1-4H2. The molecule has 0 atom stereocenters. The van der Waals surface area contributed by atoms with Crippen molar-refractivity contribution in [3.05, 3.63) is 4.91 Å². The van der Waals surface area contributed by atoms with Gasteiger partial charge in [-0.15, -0.1) is 28.1 Å². The lowest BCUT2D eigenvalue weighted by molar-refractivity contribution is 0.111. The van der Waals surface area contributed by atoms with Gasteiger partial charge in [0, 0.05) is 5.88 Å². The Bertz CT molecular complexity index is 156. The quantitative estimate of drug-likeness (QED) is 0.397. The number of alkyl halides is 2. The van der Waals surface area contributed by atoms with Crippen molar-refractivity contribution in [2.24, 2.45) is 5.29 Å². The van der Waals surface area contributed by atoms with Crippen LogP contribution in [0.25, 0.3) is 0 Å². The molecule has 0 aliphatic carbocycles. The summed E-state index contributed by atoms with van der Waals surface area (Å²) in [5, 5.41) is 3.01. The first-order chi connectivity index (χ1) is 5.76. The lowest BCUT2D eigenvalue weighted by Crippen LogP contribution is -2.28. The summed E-state index contributed by atoms with van der Waals surface area (Å²) in [6, 6.07) is 0. The van der Waals surface area contributed by atoms with Crippen LogP contribution in [0.1, 0.15) is 0 Å². The SMILES string of the molecule is O=NN(CCCl)C(=O)OCCCl. The highest BCUT2D eigenvalue weighted by atomic mass is 35.5. The van der Waals surface area contributed by atoms with E-state index >= 15 is 0 Å². The highest BCUT2D eigenvalue weighted by Crippen LogP contribution is 1.95. The molecular weight excluding hydrogens is 207 g/mol. The van der Waals surface area contributed by atoms with Crippen LogP contribution < -0.4 is 0 Å². The molecule has 0 spiro atoms. The normalized spacial score (nSPS) is 9.17. The summed E-state index contributed by atoms with van der Waals surface area (Å²) in [7, 11) is 0. The van der Waals surface area contributed by atoms with Gasteiger partial charge in [0.2, 0.25) is 0 Å². The average molecular weight is 215 g/mol. The predicted octanol–water partition coefficient (Wildman–Crippen LogP) is 1.58. The Morgan fingerprint density at radius 1 is 1.42 bits per heavy atom. The number of amides is 1. The van der Waals surface area contributed by atoms with E-state index in [0.717, 1.165) is 0 Å². The van der Waals surface area contributed by atoms with Crippen LogP contribution in [0.15, 0.2) is 5.29 Å². The molecule has 0 radical (unpaired) electrons. The van der Waals surface area contributed by atoms with Gasteiger partial charge in [-0.25, -0.2) is 4.79 Å². The van der Waals surface area contributed by atoms with E-state index in [-0.39, 0.29) is 24.9 Å². The van der Waals surface area contributed by atoms with Gasteiger partial charge in [-0.05, 0) is 0 Å². The maximum atomic E-state index is 10.8. The molecule has 1 amide bonds. The molecule has 70 valence electrons. The molecule has 0 bridgehead atoms. The van der Waals surface area contributed by atoms with Crippen molar-refractivity contribution in [3.8, 4) is 0 Å². The molecule has 0 unspecified atom stereocenters. The van der Waals surface area contributed by atoms with Crippen LogP contribution in [0.3, 0.4) is 0 Å². The van der Waals surface area contributed by atoms with Gasteiger partial charge in [0.25, 0.3) is 0 Å². The second-order valence-electron chi connectivity index (χ2n) is 1.70. The van der Waals surface area contributed by atoms with E-state index in [1.54, 1.807) is 0 Å². The van der Waals surface area contributed by atoms with Gasteiger partial charge in [0.15, 0.2) is 0 Å². The van der Waals surface area contributed by atoms with Gasteiger partial charge in [0.05, 0.1) is 17.7 Å². The molecule has 0 aromatic heterocycles. The van der Waals surface area contributed by atoms with Crippen LogP contribution in [0, 0.1) is 4.91 Å². The molecule has 0 aliphatic rings. The number of nitroso groups, excluding NO2 is 1. The number of ether oxygens (including phenoxy) is 1. The fourth-order valence-electron chi connectivity index (χ4n) is 0.446. The largest absolute Gasteiger partial charge is 0.447 e. The van der Waals surface area contributed by atoms with Gasteiger partial charge < -0.3 is 4.74 Å². The Morgan fingerprint density at radius 3 is 2.50 bits per heavy atom. The molecule has 7 heteroatoms. The lowest BCUT2D eigenvalue weighted by atomic mass is 10.7. The molecule has 5 nitrogen and oxygen atoms in total. The van der Waals surface area contributed by atoms with Gasteiger partial charge in [-0.2, -0.15) is 5.01 Å². The molecule has 12 heavy (non-hydrogen) atoms. The summed E-state index contributed by atoms with van der Waals surface area (Å²) in [4.78, 5) is 20.8. The Morgan fingerprint density at radius 2 is 2.08 bits per heavy atom. The smallest absolute Gasteiger partial charge is 0.433 e. The summed E-state index contributed by atoms with van der Waals surface area (Å²) in [5.41, 5.74) is 0. The van der Waals surface area contributed by atoms with Crippen molar-refractivity contribution in [1.29, 1.82) is 0 Å². The first kappa shape index (κ1) is 11.4. The minimum atomic E-state index is -0.828. The third-order valence-corrected chi connectivity index (χ3v) is 1.23. The van der Waals surface area contributed by atoms with E-state index in [0.29, 0.717) is 5.01 Å². The first-order valence-electron chi connectivity index (χ1n) is 3.15. The number of rotatable bonds is 5. The minimum Gasteiger partial charge on any atom is -0.447 e. The van der Waals surface area contributed by atoms with Crippen molar-refractivity contribution in [2.45, 2.75) is 0 Å². The van der Waals surface area contributed by atoms with Gasteiger partial charge in [-0.1, -0.05) is 0 Å². The average Bonchev–Trinajstić information content (AvgIpc) is 2.10. The van der Waals surface area contributed by atoms with Gasteiger partial charge in [0.1, 0.15) is 6.61 Å². The van der Waals surface area contributed by atoms with E-state index in [1.807, 2.05) is 0 Å². The zero-order valence-corrected chi connectivity index (χ0v) is 7.72. The van der Waals surface area contributed by atoms with Crippen molar-refractivity contribution in [3.63, 3.8) is 0 Å². The molecule has 0 N–H and O–H groups in total. The summed E-state index contributed by atoms with van der Waals surface area (Å²) < 4.78 is 4.50. The molecule has 0 rings (SSSR count). The second-order valence-corrected chi connectivity index (χ2v) is 2.45.